The number of hydrogen-bond acceptors (Lipinski definition) is 6. The van der Waals surface area contributed by atoms with E-state index in [-0.39, 0.29) is 17.2 Å². The predicted molar refractivity (Wildman–Crippen MR) is 81.4 cm³/mol. The minimum absolute atomic E-state index is 0.154. The van der Waals surface area contributed by atoms with Crippen LogP contribution in [0.3, 0.4) is 0 Å². The van der Waals surface area contributed by atoms with Crippen molar-refractivity contribution in [1.29, 1.82) is 0 Å². The van der Waals surface area contributed by atoms with Crippen LogP contribution in [0.25, 0.3) is 0 Å². The summed E-state index contributed by atoms with van der Waals surface area (Å²) in [7, 11) is -1.44. The second kappa shape index (κ2) is 6.72. The van der Waals surface area contributed by atoms with Crippen molar-refractivity contribution >= 4 is 9.84 Å². The number of nitrogens with one attached hydrogen (secondary N) is 1. The molecule has 21 heavy (non-hydrogen) atoms. The summed E-state index contributed by atoms with van der Waals surface area (Å²) in [4.78, 5) is 4.19. The third-order valence-electron chi connectivity index (χ3n) is 4.25. The van der Waals surface area contributed by atoms with Crippen LogP contribution in [0.1, 0.15) is 37.3 Å². The van der Waals surface area contributed by atoms with E-state index in [0.717, 1.165) is 24.8 Å². The Bertz CT molecular complexity index is 577. The summed E-state index contributed by atoms with van der Waals surface area (Å²) in [6.07, 6.45) is 6.16. The van der Waals surface area contributed by atoms with Gasteiger partial charge >= 0.3 is 0 Å². The van der Waals surface area contributed by atoms with Crippen molar-refractivity contribution in [2.75, 3.05) is 13.4 Å². The van der Waals surface area contributed by atoms with Gasteiger partial charge in [0.15, 0.2) is 0 Å². The van der Waals surface area contributed by atoms with Crippen molar-refractivity contribution in [3.8, 4) is 5.88 Å². The number of aromatic nitrogens is 1. The zero-order valence-electron chi connectivity index (χ0n) is 12.5. The Kier molecular flexibility index (Phi) is 5.18. The van der Waals surface area contributed by atoms with E-state index >= 15 is 0 Å². The molecular weight excluding hydrogens is 290 g/mol. The van der Waals surface area contributed by atoms with Gasteiger partial charge in [-0.15, -0.1) is 0 Å². The van der Waals surface area contributed by atoms with Crippen LogP contribution in [0, 0.1) is 5.92 Å². The molecule has 6 nitrogen and oxygen atoms in total. The van der Waals surface area contributed by atoms with Crippen LogP contribution in [0.4, 0.5) is 0 Å². The summed E-state index contributed by atoms with van der Waals surface area (Å²) in [5, 5.41) is -0.283. The van der Waals surface area contributed by atoms with Gasteiger partial charge in [0.25, 0.3) is 0 Å². The van der Waals surface area contributed by atoms with Gasteiger partial charge in [0.2, 0.25) is 5.88 Å². The third kappa shape index (κ3) is 3.72. The summed E-state index contributed by atoms with van der Waals surface area (Å²) >= 11 is 0. The standard InChI is InChI=1S/C14H23N3O3S/c1-20-14-12(7-4-8-16-14)13(17-15)10-5-3-6-11(9-10)21(2,18)19/h4,7-8,10-11,13,17H,3,5-6,9,15H2,1-2H3. The first-order valence-electron chi connectivity index (χ1n) is 7.11. The molecule has 7 heteroatoms. The molecule has 0 amide bonds. The minimum atomic E-state index is -3.01. The Labute approximate surface area is 126 Å². The topological polar surface area (TPSA) is 94.3 Å². The molecule has 0 aromatic carbocycles. The molecule has 0 aliphatic heterocycles. The molecule has 1 aliphatic rings. The normalized spacial score (nSPS) is 24.5. The second-order valence-corrected chi connectivity index (χ2v) is 7.95. The van der Waals surface area contributed by atoms with Gasteiger partial charge in [0, 0.05) is 18.0 Å². The zero-order valence-corrected chi connectivity index (χ0v) is 13.3. The van der Waals surface area contributed by atoms with E-state index in [9.17, 15) is 8.42 Å². The summed E-state index contributed by atoms with van der Waals surface area (Å²) in [5.41, 5.74) is 3.70. The average Bonchev–Trinajstić information content (AvgIpc) is 2.48. The van der Waals surface area contributed by atoms with E-state index in [1.165, 1.54) is 6.26 Å². The van der Waals surface area contributed by atoms with Crippen molar-refractivity contribution in [3.05, 3.63) is 23.9 Å². The number of pyridine rings is 1. The maximum Gasteiger partial charge on any atom is 0.217 e. The van der Waals surface area contributed by atoms with Crippen LogP contribution in [-0.4, -0.2) is 32.0 Å². The van der Waals surface area contributed by atoms with Crippen molar-refractivity contribution < 1.29 is 13.2 Å². The van der Waals surface area contributed by atoms with Gasteiger partial charge in [-0.25, -0.2) is 13.4 Å². The predicted octanol–water partition coefficient (Wildman–Crippen LogP) is 1.20. The molecule has 0 spiro atoms. The smallest absolute Gasteiger partial charge is 0.217 e. The Balaban J connectivity index is 2.25. The Morgan fingerprint density at radius 2 is 2.24 bits per heavy atom. The molecule has 3 N–H and O–H groups in total. The maximum absolute atomic E-state index is 11.8. The van der Waals surface area contributed by atoms with Crippen LogP contribution in [-0.2, 0) is 9.84 Å². The van der Waals surface area contributed by atoms with E-state index in [4.69, 9.17) is 10.6 Å². The van der Waals surface area contributed by atoms with E-state index in [1.54, 1.807) is 13.3 Å². The molecule has 118 valence electrons. The highest BCUT2D eigenvalue weighted by molar-refractivity contribution is 7.91. The van der Waals surface area contributed by atoms with E-state index < -0.39 is 9.84 Å². The fraction of sp³-hybridized carbons (Fsp3) is 0.643. The van der Waals surface area contributed by atoms with Gasteiger partial charge in [0.1, 0.15) is 9.84 Å². The Morgan fingerprint density at radius 3 is 2.86 bits per heavy atom. The highest BCUT2D eigenvalue weighted by Crippen LogP contribution is 2.38. The summed E-state index contributed by atoms with van der Waals surface area (Å²) in [6, 6.07) is 3.60. The zero-order chi connectivity index (χ0) is 15.5. The highest BCUT2D eigenvalue weighted by Gasteiger charge is 2.34. The highest BCUT2D eigenvalue weighted by atomic mass is 32.2. The number of sulfone groups is 1. The molecule has 1 aromatic heterocycles. The fourth-order valence-corrected chi connectivity index (χ4v) is 4.35. The van der Waals surface area contributed by atoms with Crippen LogP contribution in [0.5, 0.6) is 5.88 Å². The van der Waals surface area contributed by atoms with E-state index in [1.807, 2.05) is 12.1 Å². The molecule has 3 atom stereocenters. The monoisotopic (exact) mass is 313 g/mol. The molecule has 1 fully saturated rings. The van der Waals surface area contributed by atoms with Gasteiger partial charge in [-0.1, -0.05) is 12.5 Å². The maximum atomic E-state index is 11.8. The Hall–Kier alpha value is -1.18. The molecule has 0 radical (unpaired) electrons. The summed E-state index contributed by atoms with van der Waals surface area (Å²) in [6.45, 7) is 0. The number of hydrogen-bond donors (Lipinski definition) is 2. The molecule has 1 saturated carbocycles. The lowest BCUT2D eigenvalue weighted by Gasteiger charge is -2.34. The molecule has 3 unspecified atom stereocenters. The minimum Gasteiger partial charge on any atom is -0.481 e. The first-order valence-corrected chi connectivity index (χ1v) is 9.06. The van der Waals surface area contributed by atoms with Crippen LogP contribution < -0.4 is 16.0 Å². The van der Waals surface area contributed by atoms with E-state index in [0.29, 0.717) is 12.3 Å². The molecule has 1 aliphatic carbocycles. The fourth-order valence-electron chi connectivity index (χ4n) is 3.16. The SMILES string of the molecule is COc1ncccc1C(NN)C1CCCC(S(C)(=O)=O)C1. The number of rotatable bonds is 5. The summed E-state index contributed by atoms with van der Waals surface area (Å²) < 4.78 is 28.9. The number of nitrogens with two attached hydrogens (primary N) is 1. The third-order valence-corrected chi connectivity index (χ3v) is 5.89. The first kappa shape index (κ1) is 16.2. The van der Waals surface area contributed by atoms with Crippen molar-refractivity contribution in [3.63, 3.8) is 0 Å². The Morgan fingerprint density at radius 1 is 1.48 bits per heavy atom. The molecule has 2 rings (SSSR count). The molecule has 0 bridgehead atoms. The molecular formula is C14H23N3O3S. The van der Waals surface area contributed by atoms with Gasteiger partial charge in [0.05, 0.1) is 18.4 Å². The van der Waals surface area contributed by atoms with Crippen LogP contribution in [0.2, 0.25) is 0 Å². The van der Waals surface area contributed by atoms with Gasteiger partial charge in [-0.05, 0) is 31.2 Å². The van der Waals surface area contributed by atoms with Gasteiger partial charge < -0.3 is 4.74 Å². The molecule has 1 heterocycles. The van der Waals surface area contributed by atoms with Gasteiger partial charge in [-0.2, -0.15) is 0 Å². The van der Waals surface area contributed by atoms with Crippen LogP contribution in [0.15, 0.2) is 18.3 Å². The largest absolute Gasteiger partial charge is 0.481 e. The average molecular weight is 313 g/mol. The molecule has 1 aromatic rings. The lowest BCUT2D eigenvalue weighted by atomic mass is 9.81. The van der Waals surface area contributed by atoms with E-state index in [2.05, 4.69) is 10.4 Å². The number of nitrogens with zero attached hydrogens (tertiary/aromatic N) is 1. The second-order valence-electron chi connectivity index (χ2n) is 5.62. The number of ether oxygens (including phenoxy) is 1. The molecule has 0 saturated heterocycles. The lowest BCUT2D eigenvalue weighted by Crippen LogP contribution is -2.38. The number of methoxy groups -OCH3 is 1. The van der Waals surface area contributed by atoms with Crippen LogP contribution >= 0.6 is 0 Å². The number of hydrazine groups is 1. The van der Waals surface area contributed by atoms with Crippen molar-refractivity contribution in [2.24, 2.45) is 11.8 Å². The first-order chi connectivity index (χ1) is 9.97. The van der Waals surface area contributed by atoms with Crippen molar-refractivity contribution in [2.45, 2.75) is 37.0 Å². The van der Waals surface area contributed by atoms with Gasteiger partial charge in [-0.3, -0.25) is 11.3 Å². The quantitative estimate of drug-likeness (QED) is 0.626. The van der Waals surface area contributed by atoms with Crippen molar-refractivity contribution in [1.82, 2.24) is 10.4 Å². The summed E-state index contributed by atoms with van der Waals surface area (Å²) in [5.74, 6) is 6.41. The lowest BCUT2D eigenvalue weighted by molar-refractivity contribution is 0.267.